The summed E-state index contributed by atoms with van der Waals surface area (Å²) in [5, 5.41) is 9.00. The molecular weight excluding hydrogens is 222 g/mol. The molecule has 0 bridgehead atoms. The van der Waals surface area contributed by atoms with E-state index in [0.717, 1.165) is 6.42 Å². The number of rotatable bonds is 4. The molecule has 0 aliphatic carbocycles. The molecule has 2 rings (SSSR count). The lowest BCUT2D eigenvalue weighted by Gasteiger charge is -2.38. The first-order valence-electron chi connectivity index (χ1n) is 7.23. The van der Waals surface area contributed by atoms with Crippen LogP contribution in [0.25, 0.3) is 0 Å². The van der Waals surface area contributed by atoms with Crippen LogP contribution in [0.3, 0.4) is 0 Å². The Morgan fingerprint density at radius 3 is 2.83 bits per heavy atom. The first-order chi connectivity index (χ1) is 8.76. The third kappa shape index (κ3) is 2.86. The zero-order valence-electron chi connectivity index (χ0n) is 11.7. The summed E-state index contributed by atoms with van der Waals surface area (Å²) in [6.07, 6.45) is 6.01. The molecule has 100 valence electrons. The summed E-state index contributed by atoms with van der Waals surface area (Å²) in [6, 6.07) is 7.35. The van der Waals surface area contributed by atoms with Gasteiger partial charge >= 0.3 is 0 Å². The molecule has 1 aliphatic heterocycles. The Bertz CT molecular complexity index is 389. The van der Waals surface area contributed by atoms with E-state index in [-0.39, 0.29) is 6.61 Å². The zero-order valence-corrected chi connectivity index (χ0v) is 11.7. The van der Waals surface area contributed by atoms with Gasteiger partial charge in [-0.05, 0) is 56.2 Å². The van der Waals surface area contributed by atoms with Crippen molar-refractivity contribution >= 4 is 5.69 Å². The predicted octanol–water partition coefficient (Wildman–Crippen LogP) is 3.30. The largest absolute Gasteiger partial charge is 0.396 e. The van der Waals surface area contributed by atoms with Crippen molar-refractivity contribution in [1.29, 1.82) is 0 Å². The highest BCUT2D eigenvalue weighted by atomic mass is 16.2. The number of benzene rings is 1. The number of hydrogen-bond acceptors (Lipinski definition) is 2. The molecule has 0 radical (unpaired) electrons. The van der Waals surface area contributed by atoms with Crippen molar-refractivity contribution < 1.29 is 5.11 Å². The maximum absolute atomic E-state index is 9.00. The van der Waals surface area contributed by atoms with Crippen molar-refractivity contribution in [3.8, 4) is 0 Å². The van der Waals surface area contributed by atoms with Gasteiger partial charge < -0.3 is 10.0 Å². The van der Waals surface area contributed by atoms with Crippen LogP contribution in [0, 0.1) is 6.92 Å². The second kappa shape index (κ2) is 6.24. The van der Waals surface area contributed by atoms with Gasteiger partial charge in [-0.1, -0.05) is 19.1 Å². The van der Waals surface area contributed by atoms with Crippen molar-refractivity contribution in [3.05, 3.63) is 29.3 Å². The van der Waals surface area contributed by atoms with Crippen LogP contribution in [0.2, 0.25) is 0 Å². The van der Waals surface area contributed by atoms with Crippen molar-refractivity contribution in [1.82, 2.24) is 0 Å². The van der Waals surface area contributed by atoms with Gasteiger partial charge in [-0.3, -0.25) is 0 Å². The lowest BCUT2D eigenvalue weighted by molar-refractivity contribution is 0.299. The molecular formula is C16H25NO. The van der Waals surface area contributed by atoms with Gasteiger partial charge in [0, 0.05) is 24.9 Å². The summed E-state index contributed by atoms with van der Waals surface area (Å²) in [7, 11) is 0. The lowest BCUT2D eigenvalue weighted by Crippen LogP contribution is -2.39. The van der Waals surface area contributed by atoms with Gasteiger partial charge in [-0.15, -0.1) is 0 Å². The fourth-order valence-electron chi connectivity index (χ4n) is 3.07. The van der Waals surface area contributed by atoms with Gasteiger partial charge in [0.25, 0.3) is 0 Å². The molecule has 1 heterocycles. The third-order valence-electron chi connectivity index (χ3n) is 4.07. The fraction of sp³-hybridized carbons (Fsp3) is 0.625. The molecule has 1 saturated heterocycles. The van der Waals surface area contributed by atoms with Crippen molar-refractivity contribution in [3.63, 3.8) is 0 Å². The van der Waals surface area contributed by atoms with Crippen LogP contribution >= 0.6 is 0 Å². The quantitative estimate of drug-likeness (QED) is 0.882. The molecule has 1 aliphatic rings. The molecule has 1 fully saturated rings. The second-order valence-electron chi connectivity index (χ2n) is 5.35. The molecule has 2 heteroatoms. The Hall–Kier alpha value is -1.02. The Balaban J connectivity index is 2.21. The van der Waals surface area contributed by atoms with Crippen LogP contribution in [0.4, 0.5) is 5.69 Å². The van der Waals surface area contributed by atoms with Gasteiger partial charge in [-0.25, -0.2) is 0 Å². The smallest absolute Gasteiger partial charge is 0.0471 e. The SMILES string of the molecule is CCC1CCCCN1c1ccc(CCO)cc1C. The highest BCUT2D eigenvalue weighted by molar-refractivity contribution is 5.55. The Morgan fingerprint density at radius 1 is 1.33 bits per heavy atom. The number of hydrogen-bond donors (Lipinski definition) is 1. The van der Waals surface area contributed by atoms with E-state index in [1.165, 1.54) is 49.0 Å². The summed E-state index contributed by atoms with van der Waals surface area (Å²) in [5.74, 6) is 0. The minimum Gasteiger partial charge on any atom is -0.396 e. The zero-order chi connectivity index (χ0) is 13.0. The average molecular weight is 247 g/mol. The van der Waals surface area contributed by atoms with E-state index in [2.05, 4.69) is 36.9 Å². The summed E-state index contributed by atoms with van der Waals surface area (Å²) in [5.41, 5.74) is 3.98. The minimum atomic E-state index is 0.236. The number of aliphatic hydroxyl groups excluding tert-OH is 1. The molecule has 1 aromatic carbocycles. The molecule has 0 amide bonds. The van der Waals surface area contributed by atoms with Crippen LogP contribution in [0.1, 0.15) is 43.7 Å². The van der Waals surface area contributed by atoms with E-state index >= 15 is 0 Å². The molecule has 2 nitrogen and oxygen atoms in total. The van der Waals surface area contributed by atoms with E-state index in [1.54, 1.807) is 0 Å². The number of anilines is 1. The highest BCUT2D eigenvalue weighted by Gasteiger charge is 2.22. The topological polar surface area (TPSA) is 23.5 Å². The minimum absolute atomic E-state index is 0.236. The molecule has 1 atom stereocenters. The van der Waals surface area contributed by atoms with E-state index in [1.807, 2.05) is 0 Å². The van der Waals surface area contributed by atoms with Crippen molar-refractivity contribution in [2.24, 2.45) is 0 Å². The summed E-state index contributed by atoms with van der Waals surface area (Å²) in [6.45, 7) is 5.91. The normalized spacial score (nSPS) is 20.2. The van der Waals surface area contributed by atoms with E-state index < -0.39 is 0 Å². The molecule has 18 heavy (non-hydrogen) atoms. The molecule has 0 aromatic heterocycles. The van der Waals surface area contributed by atoms with Gasteiger partial charge in [0.1, 0.15) is 0 Å². The Morgan fingerprint density at radius 2 is 2.17 bits per heavy atom. The van der Waals surface area contributed by atoms with Crippen LogP contribution in [0.5, 0.6) is 0 Å². The fourth-order valence-corrected chi connectivity index (χ4v) is 3.07. The van der Waals surface area contributed by atoms with Crippen molar-refractivity contribution in [2.45, 2.75) is 52.0 Å². The highest BCUT2D eigenvalue weighted by Crippen LogP contribution is 2.29. The van der Waals surface area contributed by atoms with E-state index in [0.29, 0.717) is 6.04 Å². The average Bonchev–Trinajstić information content (AvgIpc) is 2.39. The van der Waals surface area contributed by atoms with Crippen LogP contribution < -0.4 is 4.90 Å². The lowest BCUT2D eigenvalue weighted by atomic mass is 9.97. The van der Waals surface area contributed by atoms with E-state index in [4.69, 9.17) is 5.11 Å². The van der Waals surface area contributed by atoms with Gasteiger partial charge in [0.15, 0.2) is 0 Å². The molecule has 1 aromatic rings. The first kappa shape index (κ1) is 13.4. The third-order valence-corrected chi connectivity index (χ3v) is 4.07. The van der Waals surface area contributed by atoms with E-state index in [9.17, 15) is 0 Å². The number of piperidine rings is 1. The maximum Gasteiger partial charge on any atom is 0.0471 e. The van der Waals surface area contributed by atoms with Crippen LogP contribution in [0.15, 0.2) is 18.2 Å². The summed E-state index contributed by atoms with van der Waals surface area (Å²) < 4.78 is 0. The number of aliphatic hydroxyl groups is 1. The van der Waals surface area contributed by atoms with Crippen LogP contribution in [-0.4, -0.2) is 24.3 Å². The Kier molecular flexibility index (Phi) is 4.65. The summed E-state index contributed by atoms with van der Waals surface area (Å²) in [4.78, 5) is 2.58. The number of aryl methyl sites for hydroxylation is 1. The monoisotopic (exact) mass is 247 g/mol. The second-order valence-corrected chi connectivity index (χ2v) is 5.35. The van der Waals surface area contributed by atoms with Crippen molar-refractivity contribution in [2.75, 3.05) is 18.1 Å². The Labute approximate surface area is 111 Å². The maximum atomic E-state index is 9.00. The van der Waals surface area contributed by atoms with Gasteiger partial charge in [0.2, 0.25) is 0 Å². The first-order valence-corrected chi connectivity index (χ1v) is 7.23. The molecule has 1 N–H and O–H groups in total. The summed E-state index contributed by atoms with van der Waals surface area (Å²) >= 11 is 0. The van der Waals surface area contributed by atoms with Gasteiger partial charge in [0.05, 0.1) is 0 Å². The molecule has 0 spiro atoms. The molecule has 1 unspecified atom stereocenters. The van der Waals surface area contributed by atoms with Gasteiger partial charge in [-0.2, -0.15) is 0 Å². The van der Waals surface area contributed by atoms with Crippen LogP contribution in [-0.2, 0) is 6.42 Å². The number of nitrogens with zero attached hydrogens (tertiary/aromatic N) is 1. The molecule has 0 saturated carbocycles. The standard InChI is InChI=1S/C16H25NO/c1-3-15-6-4-5-10-17(15)16-8-7-14(9-11-18)12-13(16)2/h7-8,12,15,18H,3-6,9-11H2,1-2H3. The predicted molar refractivity (Wildman–Crippen MR) is 77.2 cm³/mol.